The van der Waals surface area contributed by atoms with Crippen LogP contribution >= 0.6 is 22.9 Å². The first-order valence-electron chi connectivity index (χ1n) is 11.8. The Morgan fingerprint density at radius 3 is 2.74 bits per heavy atom. The summed E-state index contributed by atoms with van der Waals surface area (Å²) < 4.78 is 0. The van der Waals surface area contributed by atoms with E-state index in [1.807, 2.05) is 24.1 Å². The maximum atomic E-state index is 13.1. The monoisotopic (exact) mass is 512 g/mol. The summed E-state index contributed by atoms with van der Waals surface area (Å²) in [7, 11) is 1.91. The molecule has 0 aliphatic heterocycles. The molecule has 0 aromatic carbocycles. The van der Waals surface area contributed by atoms with Gasteiger partial charge in [0.1, 0.15) is 21.7 Å². The summed E-state index contributed by atoms with van der Waals surface area (Å²) in [5.74, 6) is 0.345. The van der Waals surface area contributed by atoms with Crippen molar-refractivity contribution in [3.63, 3.8) is 0 Å². The zero-order valence-electron chi connectivity index (χ0n) is 19.6. The van der Waals surface area contributed by atoms with Crippen molar-refractivity contribution in [3.05, 3.63) is 64.0 Å². The van der Waals surface area contributed by atoms with E-state index in [1.165, 1.54) is 30.6 Å². The van der Waals surface area contributed by atoms with Gasteiger partial charge >= 0.3 is 0 Å². The third kappa shape index (κ3) is 7.22. The fourth-order valence-electron chi connectivity index (χ4n) is 4.26. The number of rotatable bonds is 9. The lowest BCUT2D eigenvalue weighted by Crippen LogP contribution is -2.45. The second-order valence-corrected chi connectivity index (χ2v) is 10.4. The Labute approximate surface area is 214 Å². The normalized spacial score (nSPS) is 14.8. The highest BCUT2D eigenvalue weighted by atomic mass is 35.5. The van der Waals surface area contributed by atoms with E-state index in [-0.39, 0.29) is 11.8 Å². The van der Waals surface area contributed by atoms with Crippen LogP contribution in [0, 0.1) is 5.92 Å². The van der Waals surface area contributed by atoms with Crippen LogP contribution in [0.3, 0.4) is 0 Å². The number of hydrogen-bond acceptors (Lipinski definition) is 7. The molecular weight excluding hydrogens is 484 g/mol. The maximum Gasteiger partial charge on any atom is 0.263 e. The summed E-state index contributed by atoms with van der Waals surface area (Å²) in [5.41, 5.74) is 0.859. The highest BCUT2D eigenvalue weighted by Crippen LogP contribution is 2.28. The summed E-state index contributed by atoms with van der Waals surface area (Å²) in [6, 6.07) is 6.52. The molecular formula is C25H29ClN6O2S. The number of halogens is 1. The zero-order valence-corrected chi connectivity index (χ0v) is 21.2. The fraction of sp³-hybridized carbons (Fsp3) is 0.400. The maximum absolute atomic E-state index is 13.1. The van der Waals surface area contributed by atoms with Gasteiger partial charge in [0, 0.05) is 19.4 Å². The number of nitrogens with zero attached hydrogens (tertiary/aromatic N) is 4. The minimum atomic E-state index is -0.640. The molecule has 2 amide bonds. The van der Waals surface area contributed by atoms with E-state index in [0.717, 1.165) is 23.5 Å². The Kier molecular flexibility index (Phi) is 8.65. The summed E-state index contributed by atoms with van der Waals surface area (Å²) in [6.45, 7) is 0.506. The molecule has 0 saturated heterocycles. The van der Waals surface area contributed by atoms with Gasteiger partial charge in [0.15, 0.2) is 0 Å². The molecule has 10 heteroatoms. The van der Waals surface area contributed by atoms with E-state index in [1.54, 1.807) is 36.9 Å². The highest BCUT2D eigenvalue weighted by molar-refractivity contribution is 7.13. The standard InChI is InChI=1S/C25H29ClN6O2S/c1-32(19-12-18(26)13-27-14-19)16-23-29-15-21(35-23)25(34)30-20(11-17-7-3-2-4-8-17)24(33)31-22-9-5-6-10-28-22/h5-6,9-10,12-15,17,20H,2-4,7-8,11,16H2,1H3,(H,30,34)(H,28,31,33)/t20-/m0/s1. The Morgan fingerprint density at radius 1 is 1.17 bits per heavy atom. The Hall–Kier alpha value is -3.04. The first kappa shape index (κ1) is 25.1. The predicted molar refractivity (Wildman–Crippen MR) is 139 cm³/mol. The highest BCUT2D eigenvalue weighted by Gasteiger charge is 2.27. The van der Waals surface area contributed by atoms with Gasteiger partial charge < -0.3 is 15.5 Å². The SMILES string of the molecule is CN(Cc1ncc(C(=O)N[C@@H](CC2CCCCC2)C(=O)Nc2ccccn2)s1)c1cncc(Cl)c1. The number of carbonyl (C=O) groups is 2. The van der Waals surface area contributed by atoms with Gasteiger partial charge in [0.25, 0.3) is 5.91 Å². The quantitative estimate of drug-likeness (QED) is 0.421. The summed E-state index contributed by atoms with van der Waals surface area (Å²) in [4.78, 5) is 41.3. The van der Waals surface area contributed by atoms with Crippen LogP contribution in [-0.4, -0.2) is 39.9 Å². The lowest BCUT2D eigenvalue weighted by atomic mass is 9.84. The zero-order chi connectivity index (χ0) is 24.6. The van der Waals surface area contributed by atoms with Gasteiger partial charge in [-0.15, -0.1) is 11.3 Å². The predicted octanol–water partition coefficient (Wildman–Crippen LogP) is 4.93. The second kappa shape index (κ2) is 12.1. The molecule has 8 nitrogen and oxygen atoms in total. The van der Waals surface area contributed by atoms with Crippen molar-refractivity contribution in [2.45, 2.75) is 51.1 Å². The molecule has 184 valence electrons. The van der Waals surface area contributed by atoms with E-state index in [2.05, 4.69) is 25.6 Å². The van der Waals surface area contributed by atoms with Crippen LogP contribution in [0.15, 0.2) is 49.1 Å². The first-order chi connectivity index (χ1) is 17.0. The number of aromatic nitrogens is 3. The molecule has 1 fully saturated rings. The number of amides is 2. The Morgan fingerprint density at radius 2 is 2.00 bits per heavy atom. The van der Waals surface area contributed by atoms with Crippen molar-refractivity contribution in [3.8, 4) is 0 Å². The first-order valence-corrected chi connectivity index (χ1v) is 13.0. The summed E-state index contributed by atoms with van der Waals surface area (Å²) >= 11 is 7.35. The number of pyridine rings is 2. The van der Waals surface area contributed by atoms with Gasteiger partial charge in [0.05, 0.1) is 29.6 Å². The van der Waals surface area contributed by atoms with Crippen molar-refractivity contribution in [2.24, 2.45) is 5.92 Å². The second-order valence-electron chi connectivity index (χ2n) is 8.81. The minimum Gasteiger partial charge on any atom is -0.367 e. The average Bonchev–Trinajstić information content (AvgIpc) is 3.33. The van der Waals surface area contributed by atoms with Crippen LogP contribution in [0.4, 0.5) is 11.5 Å². The minimum absolute atomic E-state index is 0.249. The van der Waals surface area contributed by atoms with E-state index >= 15 is 0 Å². The smallest absolute Gasteiger partial charge is 0.263 e. The van der Waals surface area contributed by atoms with Gasteiger partial charge in [-0.2, -0.15) is 0 Å². The van der Waals surface area contributed by atoms with Crippen LogP contribution in [0.25, 0.3) is 0 Å². The Balaban J connectivity index is 1.42. The lowest BCUT2D eigenvalue weighted by molar-refractivity contribution is -0.118. The van der Waals surface area contributed by atoms with E-state index in [4.69, 9.17) is 11.6 Å². The van der Waals surface area contributed by atoms with Gasteiger partial charge in [-0.3, -0.25) is 14.6 Å². The molecule has 1 aliphatic carbocycles. The fourth-order valence-corrected chi connectivity index (χ4v) is 5.30. The molecule has 4 rings (SSSR count). The molecule has 1 aliphatic rings. The number of thiazole rings is 1. The van der Waals surface area contributed by atoms with Crippen molar-refractivity contribution >= 4 is 46.3 Å². The van der Waals surface area contributed by atoms with E-state index in [0.29, 0.717) is 34.6 Å². The van der Waals surface area contributed by atoms with Crippen molar-refractivity contribution in [1.82, 2.24) is 20.3 Å². The lowest BCUT2D eigenvalue weighted by Gasteiger charge is -2.26. The molecule has 0 radical (unpaired) electrons. The van der Waals surface area contributed by atoms with Crippen LogP contribution in [0.2, 0.25) is 5.02 Å². The number of anilines is 2. The molecule has 3 aromatic heterocycles. The number of carbonyl (C=O) groups excluding carboxylic acids is 2. The number of nitrogens with one attached hydrogen (secondary N) is 2. The van der Waals surface area contributed by atoms with Gasteiger partial charge in [-0.25, -0.2) is 9.97 Å². The third-order valence-corrected chi connectivity index (χ3v) is 7.30. The molecule has 1 saturated carbocycles. The van der Waals surface area contributed by atoms with Crippen LogP contribution < -0.4 is 15.5 Å². The number of hydrogen-bond donors (Lipinski definition) is 2. The van der Waals surface area contributed by atoms with Crippen LogP contribution in [0.1, 0.15) is 53.2 Å². The van der Waals surface area contributed by atoms with Crippen molar-refractivity contribution in [1.29, 1.82) is 0 Å². The molecule has 0 bridgehead atoms. The molecule has 3 heterocycles. The molecule has 0 spiro atoms. The molecule has 2 N–H and O–H groups in total. The topological polar surface area (TPSA) is 100 Å². The summed E-state index contributed by atoms with van der Waals surface area (Å²) in [6.07, 6.45) is 12.8. The molecule has 3 aromatic rings. The van der Waals surface area contributed by atoms with Crippen LogP contribution in [-0.2, 0) is 11.3 Å². The van der Waals surface area contributed by atoms with Crippen LogP contribution in [0.5, 0.6) is 0 Å². The molecule has 35 heavy (non-hydrogen) atoms. The van der Waals surface area contributed by atoms with Crippen molar-refractivity contribution < 1.29 is 9.59 Å². The van der Waals surface area contributed by atoms with E-state index < -0.39 is 6.04 Å². The average molecular weight is 513 g/mol. The summed E-state index contributed by atoms with van der Waals surface area (Å²) in [5, 5.41) is 7.13. The van der Waals surface area contributed by atoms with Crippen molar-refractivity contribution in [2.75, 3.05) is 17.3 Å². The molecule has 1 atom stereocenters. The largest absolute Gasteiger partial charge is 0.367 e. The van der Waals surface area contributed by atoms with Gasteiger partial charge in [-0.05, 0) is 30.5 Å². The van der Waals surface area contributed by atoms with Gasteiger partial charge in [-0.1, -0.05) is 49.8 Å². The Bertz CT molecular complexity index is 1140. The molecule has 0 unspecified atom stereocenters. The van der Waals surface area contributed by atoms with E-state index in [9.17, 15) is 9.59 Å². The van der Waals surface area contributed by atoms with Gasteiger partial charge in [0.2, 0.25) is 5.91 Å². The third-order valence-electron chi connectivity index (χ3n) is 6.11.